The summed E-state index contributed by atoms with van der Waals surface area (Å²) in [7, 11) is 2.25. The zero-order valence-electron chi connectivity index (χ0n) is 8.84. The van der Waals surface area contributed by atoms with Crippen LogP contribution in [-0.4, -0.2) is 25.0 Å². The van der Waals surface area contributed by atoms with Gasteiger partial charge in [-0.05, 0) is 31.8 Å². The van der Waals surface area contributed by atoms with Crippen LogP contribution in [0.4, 0.5) is 0 Å². The lowest BCUT2D eigenvalue weighted by Crippen LogP contribution is -2.37. The summed E-state index contributed by atoms with van der Waals surface area (Å²) in [6.07, 6.45) is 5.62. The highest BCUT2D eigenvalue weighted by Gasteiger charge is 2.24. The van der Waals surface area contributed by atoms with Crippen molar-refractivity contribution in [1.82, 2.24) is 4.90 Å². The third kappa shape index (κ3) is 2.48. The van der Waals surface area contributed by atoms with Gasteiger partial charge in [0.25, 0.3) is 0 Å². The second-order valence-electron chi connectivity index (χ2n) is 4.27. The first kappa shape index (κ1) is 10.0. The molecule has 0 N–H and O–H groups in total. The number of hydrogen-bond acceptors (Lipinski definition) is 1. The molecule has 0 aromatic heterocycles. The molecule has 2 unspecified atom stereocenters. The van der Waals surface area contributed by atoms with Gasteiger partial charge in [-0.25, -0.2) is 0 Å². The van der Waals surface area contributed by atoms with Gasteiger partial charge in [0, 0.05) is 6.54 Å². The Morgan fingerprint density at radius 2 is 2.00 bits per heavy atom. The number of piperidine rings is 1. The van der Waals surface area contributed by atoms with Crippen molar-refractivity contribution in [3.8, 4) is 0 Å². The van der Waals surface area contributed by atoms with Gasteiger partial charge in [-0.15, -0.1) is 0 Å². The fourth-order valence-electron chi connectivity index (χ4n) is 2.48. The van der Waals surface area contributed by atoms with Crippen LogP contribution < -0.4 is 0 Å². The predicted molar refractivity (Wildman–Crippen MR) is 54.3 cm³/mol. The quantitative estimate of drug-likeness (QED) is 0.628. The summed E-state index contributed by atoms with van der Waals surface area (Å²) in [6.45, 7) is 7.31. The molecular formula is C11H23N. The van der Waals surface area contributed by atoms with E-state index in [-0.39, 0.29) is 0 Å². The molecular weight excluding hydrogens is 146 g/mol. The van der Waals surface area contributed by atoms with Gasteiger partial charge < -0.3 is 4.90 Å². The van der Waals surface area contributed by atoms with E-state index in [2.05, 4.69) is 25.8 Å². The van der Waals surface area contributed by atoms with Crippen LogP contribution in [0.3, 0.4) is 0 Å². The van der Waals surface area contributed by atoms with Gasteiger partial charge in [-0.1, -0.05) is 33.1 Å². The Hall–Kier alpha value is -0.0400. The van der Waals surface area contributed by atoms with Crippen LogP contribution in [0.15, 0.2) is 0 Å². The molecule has 0 radical (unpaired) electrons. The molecule has 1 heteroatoms. The van der Waals surface area contributed by atoms with Gasteiger partial charge in [0.1, 0.15) is 0 Å². The summed E-state index contributed by atoms with van der Waals surface area (Å²) in [6, 6.07) is 0. The monoisotopic (exact) mass is 169 g/mol. The van der Waals surface area contributed by atoms with Gasteiger partial charge in [-0.3, -0.25) is 0 Å². The SMILES string of the molecule is CCCC1CCN(C)CC1CC. The van der Waals surface area contributed by atoms with E-state index >= 15 is 0 Å². The first-order chi connectivity index (χ1) is 5.77. The summed E-state index contributed by atoms with van der Waals surface area (Å²) >= 11 is 0. The lowest BCUT2D eigenvalue weighted by atomic mass is 9.81. The molecule has 2 atom stereocenters. The Bertz CT molecular complexity index is 122. The number of nitrogens with zero attached hydrogens (tertiary/aromatic N) is 1. The fraction of sp³-hybridized carbons (Fsp3) is 1.00. The molecule has 0 spiro atoms. The normalized spacial score (nSPS) is 32.2. The summed E-state index contributed by atoms with van der Waals surface area (Å²) in [5.41, 5.74) is 0. The zero-order chi connectivity index (χ0) is 8.97. The van der Waals surface area contributed by atoms with Crippen LogP contribution in [0, 0.1) is 11.8 Å². The van der Waals surface area contributed by atoms with Crippen molar-refractivity contribution in [3.63, 3.8) is 0 Å². The molecule has 12 heavy (non-hydrogen) atoms. The molecule has 1 aliphatic heterocycles. The molecule has 1 rings (SSSR count). The highest BCUT2D eigenvalue weighted by atomic mass is 15.1. The van der Waals surface area contributed by atoms with Crippen LogP contribution in [-0.2, 0) is 0 Å². The predicted octanol–water partition coefficient (Wildman–Crippen LogP) is 2.76. The third-order valence-electron chi connectivity index (χ3n) is 3.28. The molecule has 0 aromatic carbocycles. The minimum absolute atomic E-state index is 0.976. The highest BCUT2D eigenvalue weighted by Crippen LogP contribution is 2.28. The van der Waals surface area contributed by atoms with Gasteiger partial charge in [0.2, 0.25) is 0 Å². The molecule has 0 bridgehead atoms. The van der Waals surface area contributed by atoms with Crippen LogP contribution in [0.5, 0.6) is 0 Å². The summed E-state index contributed by atoms with van der Waals surface area (Å²) in [4.78, 5) is 2.49. The minimum Gasteiger partial charge on any atom is -0.306 e. The molecule has 0 amide bonds. The van der Waals surface area contributed by atoms with Crippen molar-refractivity contribution >= 4 is 0 Å². The molecule has 1 heterocycles. The Morgan fingerprint density at radius 1 is 1.25 bits per heavy atom. The average Bonchev–Trinajstić information content (AvgIpc) is 2.08. The molecule has 0 aromatic rings. The molecule has 0 saturated carbocycles. The number of hydrogen-bond donors (Lipinski definition) is 0. The van der Waals surface area contributed by atoms with Crippen molar-refractivity contribution in [2.75, 3.05) is 20.1 Å². The second-order valence-corrected chi connectivity index (χ2v) is 4.27. The molecule has 1 fully saturated rings. The minimum atomic E-state index is 0.976. The van der Waals surface area contributed by atoms with Gasteiger partial charge in [0.05, 0.1) is 0 Å². The van der Waals surface area contributed by atoms with Crippen molar-refractivity contribution < 1.29 is 0 Å². The maximum absolute atomic E-state index is 2.49. The Kier molecular flexibility index (Phi) is 4.07. The number of likely N-dealkylation sites (tertiary alicyclic amines) is 1. The molecule has 0 aliphatic carbocycles. The fourth-order valence-corrected chi connectivity index (χ4v) is 2.48. The standard InChI is InChI=1S/C11H23N/c1-4-6-11-7-8-12(3)9-10(11)5-2/h10-11H,4-9H2,1-3H3. The molecule has 72 valence electrons. The topological polar surface area (TPSA) is 3.24 Å². The van der Waals surface area contributed by atoms with Crippen molar-refractivity contribution in [3.05, 3.63) is 0 Å². The van der Waals surface area contributed by atoms with Gasteiger partial charge in [0.15, 0.2) is 0 Å². The summed E-state index contributed by atoms with van der Waals surface area (Å²) in [5, 5.41) is 0. The van der Waals surface area contributed by atoms with Crippen molar-refractivity contribution in [2.24, 2.45) is 11.8 Å². The summed E-state index contributed by atoms with van der Waals surface area (Å²) in [5.74, 6) is 2.00. The largest absolute Gasteiger partial charge is 0.306 e. The van der Waals surface area contributed by atoms with E-state index in [9.17, 15) is 0 Å². The van der Waals surface area contributed by atoms with Crippen LogP contribution in [0.25, 0.3) is 0 Å². The van der Waals surface area contributed by atoms with E-state index in [1.807, 2.05) is 0 Å². The van der Waals surface area contributed by atoms with E-state index in [1.54, 1.807) is 0 Å². The Balaban J connectivity index is 2.39. The number of rotatable bonds is 3. The van der Waals surface area contributed by atoms with Gasteiger partial charge >= 0.3 is 0 Å². The van der Waals surface area contributed by atoms with E-state index in [0.717, 1.165) is 11.8 Å². The van der Waals surface area contributed by atoms with Crippen molar-refractivity contribution in [2.45, 2.75) is 39.5 Å². The first-order valence-corrected chi connectivity index (χ1v) is 5.46. The third-order valence-corrected chi connectivity index (χ3v) is 3.28. The smallest absolute Gasteiger partial charge is 0.000916 e. The lowest BCUT2D eigenvalue weighted by Gasteiger charge is -2.36. The van der Waals surface area contributed by atoms with Crippen LogP contribution in [0.2, 0.25) is 0 Å². The highest BCUT2D eigenvalue weighted by molar-refractivity contribution is 4.77. The molecule has 1 nitrogen and oxygen atoms in total. The van der Waals surface area contributed by atoms with E-state index in [4.69, 9.17) is 0 Å². The van der Waals surface area contributed by atoms with Crippen LogP contribution in [0.1, 0.15) is 39.5 Å². The maximum atomic E-state index is 2.49. The molecule has 1 saturated heterocycles. The first-order valence-electron chi connectivity index (χ1n) is 5.46. The van der Waals surface area contributed by atoms with E-state index < -0.39 is 0 Å². The van der Waals surface area contributed by atoms with Crippen molar-refractivity contribution in [1.29, 1.82) is 0 Å². The Labute approximate surface area is 77.1 Å². The molecule has 1 aliphatic rings. The summed E-state index contributed by atoms with van der Waals surface area (Å²) < 4.78 is 0. The van der Waals surface area contributed by atoms with E-state index in [0.29, 0.717) is 0 Å². The average molecular weight is 169 g/mol. The van der Waals surface area contributed by atoms with E-state index in [1.165, 1.54) is 38.8 Å². The second kappa shape index (κ2) is 4.86. The Morgan fingerprint density at radius 3 is 2.58 bits per heavy atom. The van der Waals surface area contributed by atoms with Crippen LogP contribution >= 0.6 is 0 Å². The maximum Gasteiger partial charge on any atom is 0.000916 e. The van der Waals surface area contributed by atoms with Gasteiger partial charge in [-0.2, -0.15) is 0 Å². The lowest BCUT2D eigenvalue weighted by molar-refractivity contribution is 0.132. The zero-order valence-corrected chi connectivity index (χ0v) is 8.84.